The van der Waals surface area contributed by atoms with Crippen LogP contribution < -0.4 is 10.1 Å². The van der Waals surface area contributed by atoms with Gasteiger partial charge in [0.2, 0.25) is 5.91 Å². The molecule has 0 saturated carbocycles. The number of nitrogens with zero attached hydrogens (tertiary/aromatic N) is 2. The van der Waals surface area contributed by atoms with Gasteiger partial charge in [-0.2, -0.15) is 5.10 Å². The second-order valence-corrected chi connectivity index (χ2v) is 4.29. The van der Waals surface area contributed by atoms with Gasteiger partial charge in [0, 0.05) is 6.07 Å². The molecule has 1 aliphatic heterocycles. The van der Waals surface area contributed by atoms with Crippen molar-refractivity contribution < 1.29 is 9.53 Å². The molecule has 0 bridgehead atoms. The van der Waals surface area contributed by atoms with E-state index in [0.717, 1.165) is 28.4 Å². The van der Waals surface area contributed by atoms with Crippen molar-refractivity contribution >= 4 is 11.6 Å². The minimum absolute atomic E-state index is 0.0243. The van der Waals surface area contributed by atoms with E-state index in [1.165, 1.54) is 0 Å². The van der Waals surface area contributed by atoms with E-state index in [1.807, 2.05) is 25.1 Å². The quantitative estimate of drug-likeness (QED) is 0.829. The molecule has 0 aliphatic carbocycles. The fourth-order valence-electron chi connectivity index (χ4n) is 2.14. The standard InChI is InChI=1S/C13H13N3O2/c1-8-7-14-16-11(8)6-13(17)15-10-4-3-9(18-2)5-12(10)16/h3-5,7H,6H2,1-2H3,(H,15,17). The summed E-state index contributed by atoms with van der Waals surface area (Å²) in [6.45, 7) is 1.96. The van der Waals surface area contributed by atoms with Crippen molar-refractivity contribution in [3.05, 3.63) is 35.7 Å². The van der Waals surface area contributed by atoms with Gasteiger partial charge in [0.15, 0.2) is 0 Å². The first-order valence-corrected chi connectivity index (χ1v) is 5.71. The number of fused-ring (bicyclic) bond motifs is 3. The molecule has 1 N–H and O–H groups in total. The van der Waals surface area contributed by atoms with E-state index >= 15 is 0 Å². The highest BCUT2D eigenvalue weighted by Crippen LogP contribution is 2.29. The normalized spacial score (nSPS) is 13.3. The molecule has 3 rings (SSSR count). The average Bonchev–Trinajstić information content (AvgIpc) is 2.65. The van der Waals surface area contributed by atoms with Crippen LogP contribution in [0.2, 0.25) is 0 Å². The van der Waals surface area contributed by atoms with Gasteiger partial charge in [-0.3, -0.25) is 4.79 Å². The van der Waals surface area contributed by atoms with Gasteiger partial charge in [-0.15, -0.1) is 0 Å². The third kappa shape index (κ3) is 1.55. The molecule has 0 radical (unpaired) electrons. The Morgan fingerprint density at radius 3 is 3.06 bits per heavy atom. The Kier molecular flexibility index (Phi) is 2.33. The summed E-state index contributed by atoms with van der Waals surface area (Å²) in [4.78, 5) is 11.8. The van der Waals surface area contributed by atoms with E-state index in [0.29, 0.717) is 6.42 Å². The van der Waals surface area contributed by atoms with Crippen LogP contribution in [0.1, 0.15) is 11.3 Å². The van der Waals surface area contributed by atoms with Gasteiger partial charge < -0.3 is 10.1 Å². The van der Waals surface area contributed by atoms with E-state index in [2.05, 4.69) is 10.4 Å². The molecule has 1 aliphatic rings. The van der Waals surface area contributed by atoms with Crippen molar-refractivity contribution in [3.8, 4) is 11.4 Å². The first-order chi connectivity index (χ1) is 8.69. The van der Waals surface area contributed by atoms with Crippen LogP contribution in [-0.2, 0) is 11.2 Å². The zero-order valence-corrected chi connectivity index (χ0v) is 10.2. The Morgan fingerprint density at radius 2 is 2.28 bits per heavy atom. The van der Waals surface area contributed by atoms with Gasteiger partial charge in [0.05, 0.1) is 36.8 Å². The fraction of sp³-hybridized carbons (Fsp3) is 0.231. The number of anilines is 1. The molecule has 18 heavy (non-hydrogen) atoms. The Morgan fingerprint density at radius 1 is 1.44 bits per heavy atom. The molecule has 1 aromatic carbocycles. The number of nitrogens with one attached hydrogen (secondary N) is 1. The summed E-state index contributed by atoms with van der Waals surface area (Å²) >= 11 is 0. The summed E-state index contributed by atoms with van der Waals surface area (Å²) in [6, 6.07) is 5.52. The fourth-order valence-corrected chi connectivity index (χ4v) is 2.14. The second-order valence-electron chi connectivity index (χ2n) is 4.29. The van der Waals surface area contributed by atoms with E-state index in [9.17, 15) is 4.79 Å². The molecule has 0 saturated heterocycles. The molecular formula is C13H13N3O2. The van der Waals surface area contributed by atoms with Gasteiger partial charge in [-0.05, 0) is 24.6 Å². The Balaban J connectivity index is 2.26. The number of amides is 1. The Hall–Kier alpha value is -2.30. The van der Waals surface area contributed by atoms with Crippen LogP contribution in [-0.4, -0.2) is 22.8 Å². The number of aryl methyl sites for hydroxylation is 1. The smallest absolute Gasteiger partial charge is 0.230 e. The number of carbonyl (C=O) groups excluding carboxylic acids is 1. The monoisotopic (exact) mass is 243 g/mol. The Bertz CT molecular complexity index is 631. The zero-order chi connectivity index (χ0) is 12.7. The van der Waals surface area contributed by atoms with Crippen molar-refractivity contribution in [3.63, 3.8) is 0 Å². The molecule has 1 aromatic heterocycles. The van der Waals surface area contributed by atoms with Crippen LogP contribution in [0.3, 0.4) is 0 Å². The molecule has 0 spiro atoms. The first kappa shape index (κ1) is 10.8. The van der Waals surface area contributed by atoms with E-state index in [1.54, 1.807) is 18.0 Å². The largest absolute Gasteiger partial charge is 0.497 e. The molecule has 0 atom stereocenters. The number of rotatable bonds is 1. The third-order valence-electron chi connectivity index (χ3n) is 3.11. The van der Waals surface area contributed by atoms with Crippen molar-refractivity contribution in [2.45, 2.75) is 13.3 Å². The Labute approximate surface area is 104 Å². The van der Waals surface area contributed by atoms with Gasteiger partial charge in [-0.1, -0.05) is 0 Å². The number of ether oxygens (including phenoxy) is 1. The molecule has 5 heteroatoms. The molecule has 2 aromatic rings. The lowest BCUT2D eigenvalue weighted by Crippen LogP contribution is -2.13. The number of benzene rings is 1. The maximum absolute atomic E-state index is 11.8. The second kappa shape index (κ2) is 3.87. The molecule has 0 fully saturated rings. The zero-order valence-electron chi connectivity index (χ0n) is 10.2. The van der Waals surface area contributed by atoms with Gasteiger partial charge in [-0.25, -0.2) is 4.68 Å². The molecule has 2 heterocycles. The molecule has 1 amide bonds. The number of hydrogen-bond donors (Lipinski definition) is 1. The third-order valence-corrected chi connectivity index (χ3v) is 3.11. The van der Waals surface area contributed by atoms with Crippen molar-refractivity contribution in [1.82, 2.24) is 9.78 Å². The van der Waals surface area contributed by atoms with Gasteiger partial charge in [0.1, 0.15) is 5.75 Å². The van der Waals surface area contributed by atoms with Gasteiger partial charge >= 0.3 is 0 Å². The van der Waals surface area contributed by atoms with Crippen LogP contribution in [0, 0.1) is 6.92 Å². The van der Waals surface area contributed by atoms with Crippen LogP contribution in [0.25, 0.3) is 5.69 Å². The lowest BCUT2D eigenvalue weighted by molar-refractivity contribution is -0.115. The maximum atomic E-state index is 11.8. The summed E-state index contributed by atoms with van der Waals surface area (Å²) in [5.41, 5.74) is 3.52. The number of methoxy groups -OCH3 is 1. The van der Waals surface area contributed by atoms with E-state index < -0.39 is 0 Å². The molecule has 5 nitrogen and oxygen atoms in total. The lowest BCUT2D eigenvalue weighted by Gasteiger charge is -2.10. The highest BCUT2D eigenvalue weighted by atomic mass is 16.5. The first-order valence-electron chi connectivity index (χ1n) is 5.71. The van der Waals surface area contributed by atoms with E-state index in [-0.39, 0.29) is 5.91 Å². The SMILES string of the molecule is COc1ccc2c(c1)-n1ncc(C)c1CC(=O)N2. The summed E-state index contributed by atoms with van der Waals surface area (Å²) in [6.07, 6.45) is 2.11. The van der Waals surface area contributed by atoms with E-state index in [4.69, 9.17) is 4.74 Å². The lowest BCUT2D eigenvalue weighted by atomic mass is 10.2. The van der Waals surface area contributed by atoms with Crippen molar-refractivity contribution in [2.75, 3.05) is 12.4 Å². The number of hydrogen-bond acceptors (Lipinski definition) is 3. The minimum atomic E-state index is -0.0243. The summed E-state index contributed by atoms with van der Waals surface area (Å²) in [5, 5.41) is 7.22. The predicted octanol–water partition coefficient (Wildman–Crippen LogP) is 1.68. The minimum Gasteiger partial charge on any atom is -0.497 e. The van der Waals surface area contributed by atoms with Crippen molar-refractivity contribution in [1.29, 1.82) is 0 Å². The molecule has 0 unspecified atom stereocenters. The van der Waals surface area contributed by atoms with Crippen LogP contribution in [0.4, 0.5) is 5.69 Å². The number of carbonyl (C=O) groups is 1. The topological polar surface area (TPSA) is 56.2 Å². The highest BCUT2D eigenvalue weighted by Gasteiger charge is 2.21. The highest BCUT2D eigenvalue weighted by molar-refractivity contribution is 5.95. The van der Waals surface area contributed by atoms with Gasteiger partial charge in [0.25, 0.3) is 0 Å². The van der Waals surface area contributed by atoms with Crippen molar-refractivity contribution in [2.24, 2.45) is 0 Å². The molecule has 92 valence electrons. The molecular weight excluding hydrogens is 230 g/mol. The van der Waals surface area contributed by atoms with Crippen LogP contribution in [0.15, 0.2) is 24.4 Å². The summed E-state index contributed by atoms with van der Waals surface area (Å²) in [7, 11) is 1.62. The predicted molar refractivity (Wildman–Crippen MR) is 67.2 cm³/mol. The number of aromatic nitrogens is 2. The van der Waals surface area contributed by atoms with Crippen LogP contribution >= 0.6 is 0 Å². The summed E-state index contributed by atoms with van der Waals surface area (Å²) < 4.78 is 7.01. The van der Waals surface area contributed by atoms with Crippen LogP contribution in [0.5, 0.6) is 5.75 Å². The maximum Gasteiger partial charge on any atom is 0.230 e. The summed E-state index contributed by atoms with van der Waals surface area (Å²) in [5.74, 6) is 0.716. The average molecular weight is 243 g/mol.